The lowest BCUT2D eigenvalue weighted by molar-refractivity contribution is -0.274. The molecular formula is C28H21F3N2O6S. The molecule has 0 saturated heterocycles. The summed E-state index contributed by atoms with van der Waals surface area (Å²) in [7, 11) is 0. The molecule has 0 spiro atoms. The number of benzene rings is 3. The first-order valence-electron chi connectivity index (χ1n) is 11.9. The standard InChI is InChI=1S/C28H21F3N2O6S/c1-15-11-20(8-10-22(15)37-14-25(34)35)36-13-24-33-26(18-5-9-23-21(12-18)32-16(2)38-23)27(40-24)17-3-6-19(7-4-17)39-28(29,30)31/h3-12H,13-14H2,1-2H3,(H,34,35). The normalized spacial score (nSPS) is 11.5. The van der Waals surface area contributed by atoms with Gasteiger partial charge in [-0.2, -0.15) is 0 Å². The molecule has 0 aliphatic rings. The highest BCUT2D eigenvalue weighted by atomic mass is 32.1. The first-order valence-corrected chi connectivity index (χ1v) is 12.7. The first-order chi connectivity index (χ1) is 19.0. The predicted octanol–water partition coefficient (Wildman–Crippen LogP) is 7.18. The number of oxazole rings is 1. The Hall–Kier alpha value is -4.58. The average molecular weight is 571 g/mol. The van der Waals surface area contributed by atoms with E-state index in [1.54, 1.807) is 50.2 Å². The quantitative estimate of drug-likeness (QED) is 0.199. The van der Waals surface area contributed by atoms with Crippen LogP contribution in [0.25, 0.3) is 32.8 Å². The molecule has 8 nitrogen and oxygen atoms in total. The van der Waals surface area contributed by atoms with Crippen LogP contribution in [0.4, 0.5) is 13.2 Å². The molecule has 206 valence electrons. The third-order valence-corrected chi connectivity index (χ3v) is 6.73. The van der Waals surface area contributed by atoms with Crippen LogP contribution < -0.4 is 14.2 Å². The third-order valence-electron chi connectivity index (χ3n) is 5.65. The minimum atomic E-state index is -4.79. The van der Waals surface area contributed by atoms with Crippen molar-refractivity contribution in [2.45, 2.75) is 26.8 Å². The van der Waals surface area contributed by atoms with E-state index < -0.39 is 18.9 Å². The van der Waals surface area contributed by atoms with E-state index in [0.29, 0.717) is 50.3 Å². The summed E-state index contributed by atoms with van der Waals surface area (Å²) in [4.78, 5) is 20.7. The molecule has 0 unspecified atom stereocenters. The number of carboxylic acid groups (broad SMARTS) is 1. The molecule has 2 aromatic heterocycles. The Kier molecular flexibility index (Phi) is 7.35. The number of thiazole rings is 1. The van der Waals surface area contributed by atoms with E-state index in [9.17, 15) is 18.0 Å². The molecule has 0 radical (unpaired) electrons. The molecule has 0 atom stereocenters. The van der Waals surface area contributed by atoms with Gasteiger partial charge in [0.1, 0.15) is 34.4 Å². The second kappa shape index (κ2) is 10.9. The number of halogens is 3. The van der Waals surface area contributed by atoms with Crippen molar-refractivity contribution in [2.75, 3.05) is 6.61 Å². The number of fused-ring (bicyclic) bond motifs is 1. The van der Waals surface area contributed by atoms with Crippen molar-refractivity contribution in [3.63, 3.8) is 0 Å². The van der Waals surface area contributed by atoms with E-state index in [-0.39, 0.29) is 12.4 Å². The smallest absolute Gasteiger partial charge is 0.486 e. The van der Waals surface area contributed by atoms with Gasteiger partial charge in [0.15, 0.2) is 18.1 Å². The van der Waals surface area contributed by atoms with Gasteiger partial charge in [-0.15, -0.1) is 24.5 Å². The molecular weight excluding hydrogens is 549 g/mol. The minimum absolute atomic E-state index is 0.118. The number of carboxylic acids is 1. The zero-order chi connectivity index (χ0) is 28.4. The zero-order valence-corrected chi connectivity index (χ0v) is 21.9. The van der Waals surface area contributed by atoms with Gasteiger partial charge in [0.2, 0.25) is 0 Å². The Balaban J connectivity index is 1.44. The number of nitrogens with zero attached hydrogens (tertiary/aromatic N) is 2. The van der Waals surface area contributed by atoms with E-state index in [2.05, 4.69) is 9.72 Å². The van der Waals surface area contributed by atoms with Gasteiger partial charge in [-0.1, -0.05) is 0 Å². The van der Waals surface area contributed by atoms with Crippen LogP contribution in [0.3, 0.4) is 0 Å². The van der Waals surface area contributed by atoms with Gasteiger partial charge >= 0.3 is 12.3 Å². The van der Waals surface area contributed by atoms with Gasteiger partial charge in [-0.05, 0) is 78.7 Å². The van der Waals surface area contributed by atoms with Gasteiger partial charge in [-0.25, -0.2) is 14.8 Å². The highest BCUT2D eigenvalue weighted by Gasteiger charge is 2.31. The number of ether oxygens (including phenoxy) is 3. The van der Waals surface area contributed by atoms with Crippen LogP contribution in [0, 0.1) is 13.8 Å². The summed E-state index contributed by atoms with van der Waals surface area (Å²) in [6, 6.07) is 16.1. The second-order valence-corrected chi connectivity index (χ2v) is 9.75. The summed E-state index contributed by atoms with van der Waals surface area (Å²) in [5, 5.41) is 9.44. The van der Waals surface area contributed by atoms with Crippen molar-refractivity contribution >= 4 is 28.4 Å². The van der Waals surface area contributed by atoms with Crippen LogP contribution in [0.5, 0.6) is 17.2 Å². The molecule has 40 heavy (non-hydrogen) atoms. The molecule has 12 heteroatoms. The number of hydrogen-bond acceptors (Lipinski definition) is 8. The van der Waals surface area contributed by atoms with Crippen molar-refractivity contribution in [3.8, 4) is 38.9 Å². The minimum Gasteiger partial charge on any atom is -0.486 e. The molecule has 5 rings (SSSR count). The lowest BCUT2D eigenvalue weighted by Gasteiger charge is -2.09. The number of aryl methyl sites for hydroxylation is 2. The summed E-state index contributed by atoms with van der Waals surface area (Å²) < 4.78 is 58.7. The largest absolute Gasteiger partial charge is 0.573 e. The van der Waals surface area contributed by atoms with Gasteiger partial charge in [0, 0.05) is 12.5 Å². The maximum Gasteiger partial charge on any atom is 0.573 e. The molecule has 3 aromatic carbocycles. The highest BCUT2D eigenvalue weighted by Crippen LogP contribution is 2.39. The maximum atomic E-state index is 12.6. The number of carbonyl (C=O) groups is 1. The predicted molar refractivity (Wildman–Crippen MR) is 141 cm³/mol. The fraction of sp³-hybridized carbons (Fsp3) is 0.179. The van der Waals surface area contributed by atoms with E-state index in [1.165, 1.54) is 23.5 Å². The lowest BCUT2D eigenvalue weighted by atomic mass is 10.1. The molecule has 0 aliphatic carbocycles. The number of aromatic nitrogens is 2. The number of aliphatic carboxylic acids is 1. The Labute approximate surface area is 229 Å². The Morgan fingerprint density at radius 2 is 1.68 bits per heavy atom. The number of hydrogen-bond donors (Lipinski definition) is 1. The summed E-state index contributed by atoms with van der Waals surface area (Å²) in [6.07, 6.45) is -4.79. The summed E-state index contributed by atoms with van der Waals surface area (Å²) in [5.74, 6) is 0.0956. The summed E-state index contributed by atoms with van der Waals surface area (Å²) in [6.45, 7) is 3.19. The molecule has 0 saturated carbocycles. The van der Waals surface area contributed by atoms with Gasteiger partial charge in [0.05, 0.1) is 10.6 Å². The third kappa shape index (κ3) is 6.34. The Bertz CT molecular complexity index is 1680. The molecule has 1 N–H and O–H groups in total. The van der Waals surface area contributed by atoms with E-state index >= 15 is 0 Å². The first kappa shape index (κ1) is 27.0. The molecule has 0 amide bonds. The second-order valence-electron chi connectivity index (χ2n) is 8.67. The topological polar surface area (TPSA) is 104 Å². The van der Waals surface area contributed by atoms with E-state index in [4.69, 9.17) is 24.0 Å². The van der Waals surface area contributed by atoms with Gasteiger partial charge < -0.3 is 23.7 Å². The van der Waals surface area contributed by atoms with Crippen LogP contribution in [-0.4, -0.2) is 34.0 Å². The lowest BCUT2D eigenvalue weighted by Crippen LogP contribution is -2.16. The van der Waals surface area contributed by atoms with Crippen molar-refractivity contribution in [1.29, 1.82) is 0 Å². The van der Waals surface area contributed by atoms with Crippen LogP contribution in [0.15, 0.2) is 65.1 Å². The fourth-order valence-corrected chi connectivity index (χ4v) is 4.98. The Morgan fingerprint density at radius 3 is 2.38 bits per heavy atom. The molecule has 5 aromatic rings. The zero-order valence-electron chi connectivity index (χ0n) is 21.1. The van der Waals surface area contributed by atoms with Crippen molar-refractivity contribution in [1.82, 2.24) is 9.97 Å². The van der Waals surface area contributed by atoms with Crippen molar-refractivity contribution in [2.24, 2.45) is 0 Å². The number of rotatable bonds is 9. The fourth-order valence-electron chi connectivity index (χ4n) is 3.97. The van der Waals surface area contributed by atoms with Crippen LogP contribution in [0.2, 0.25) is 0 Å². The number of alkyl halides is 3. The molecule has 0 bridgehead atoms. The van der Waals surface area contributed by atoms with Crippen LogP contribution in [0.1, 0.15) is 16.5 Å². The summed E-state index contributed by atoms with van der Waals surface area (Å²) in [5.41, 5.74) is 4.01. The van der Waals surface area contributed by atoms with Crippen LogP contribution in [-0.2, 0) is 11.4 Å². The summed E-state index contributed by atoms with van der Waals surface area (Å²) >= 11 is 1.34. The highest BCUT2D eigenvalue weighted by molar-refractivity contribution is 7.15. The molecule has 2 heterocycles. The van der Waals surface area contributed by atoms with E-state index in [1.807, 2.05) is 12.1 Å². The van der Waals surface area contributed by atoms with Crippen molar-refractivity contribution < 1.29 is 41.7 Å². The van der Waals surface area contributed by atoms with Gasteiger partial charge in [0.25, 0.3) is 0 Å². The van der Waals surface area contributed by atoms with Gasteiger partial charge in [-0.3, -0.25) is 0 Å². The molecule has 0 fully saturated rings. The monoisotopic (exact) mass is 570 g/mol. The molecule has 0 aliphatic heterocycles. The average Bonchev–Trinajstić information content (AvgIpc) is 3.48. The maximum absolute atomic E-state index is 12.6. The van der Waals surface area contributed by atoms with Crippen LogP contribution >= 0.6 is 11.3 Å². The van der Waals surface area contributed by atoms with E-state index in [0.717, 1.165) is 10.4 Å². The Morgan fingerprint density at radius 1 is 0.950 bits per heavy atom. The van der Waals surface area contributed by atoms with Crippen molar-refractivity contribution in [3.05, 3.63) is 77.1 Å². The SMILES string of the molecule is Cc1nc2cc(-c3nc(COc4ccc(OCC(=O)O)c(C)c4)sc3-c3ccc(OC(F)(F)F)cc3)ccc2o1.